The minimum atomic E-state index is 0.206. The van der Waals surface area contributed by atoms with E-state index in [2.05, 4.69) is 44.4 Å². The van der Waals surface area contributed by atoms with Crippen molar-refractivity contribution >= 4 is 15.9 Å². The standard InChI is InChI=1S/C13H16BrN3O/c1-8-6-13(17-16-8)18-12-5-4-10(14)7-11(12)9(2)15-3/h4-7,9,15H,1-3H3,(H,16,17). The molecule has 2 N–H and O–H groups in total. The summed E-state index contributed by atoms with van der Waals surface area (Å²) in [6.07, 6.45) is 0. The smallest absolute Gasteiger partial charge is 0.238 e. The van der Waals surface area contributed by atoms with Crippen molar-refractivity contribution in [2.45, 2.75) is 19.9 Å². The second kappa shape index (κ2) is 5.54. The van der Waals surface area contributed by atoms with Crippen LogP contribution in [0.15, 0.2) is 28.7 Å². The monoisotopic (exact) mass is 309 g/mol. The first-order valence-electron chi connectivity index (χ1n) is 5.76. The maximum Gasteiger partial charge on any atom is 0.238 e. The van der Waals surface area contributed by atoms with Gasteiger partial charge < -0.3 is 10.1 Å². The lowest BCUT2D eigenvalue weighted by atomic mass is 10.1. The van der Waals surface area contributed by atoms with Gasteiger partial charge in [-0.1, -0.05) is 15.9 Å². The molecule has 2 rings (SSSR count). The molecule has 2 aromatic rings. The number of H-pyrrole nitrogens is 1. The van der Waals surface area contributed by atoms with E-state index in [-0.39, 0.29) is 6.04 Å². The normalized spacial score (nSPS) is 12.4. The number of rotatable bonds is 4. The number of nitrogens with zero attached hydrogens (tertiary/aromatic N) is 1. The Labute approximate surface area is 115 Å². The molecule has 0 aliphatic heterocycles. The zero-order chi connectivity index (χ0) is 13.1. The van der Waals surface area contributed by atoms with Gasteiger partial charge in [0.15, 0.2) is 0 Å². The molecule has 0 radical (unpaired) electrons. The summed E-state index contributed by atoms with van der Waals surface area (Å²) in [4.78, 5) is 0. The average molecular weight is 310 g/mol. The Morgan fingerprint density at radius 2 is 2.17 bits per heavy atom. The molecule has 0 aliphatic carbocycles. The van der Waals surface area contributed by atoms with Crippen molar-refractivity contribution in [3.63, 3.8) is 0 Å². The molecular weight excluding hydrogens is 294 g/mol. The lowest BCUT2D eigenvalue weighted by Gasteiger charge is -2.15. The highest BCUT2D eigenvalue weighted by Gasteiger charge is 2.12. The van der Waals surface area contributed by atoms with Crippen LogP contribution < -0.4 is 10.1 Å². The number of ether oxygens (including phenoxy) is 1. The summed E-state index contributed by atoms with van der Waals surface area (Å²) < 4.78 is 6.84. The van der Waals surface area contributed by atoms with Gasteiger partial charge in [-0.2, -0.15) is 0 Å². The fraction of sp³-hybridized carbons (Fsp3) is 0.308. The van der Waals surface area contributed by atoms with E-state index in [0.29, 0.717) is 5.88 Å². The molecule has 1 unspecified atom stereocenters. The SMILES string of the molecule is CNC(C)c1cc(Br)ccc1Oc1cc(C)[nH]n1. The van der Waals surface area contributed by atoms with Crippen molar-refractivity contribution < 1.29 is 4.74 Å². The van der Waals surface area contributed by atoms with Crippen LogP contribution in [0.3, 0.4) is 0 Å². The lowest BCUT2D eigenvalue weighted by Crippen LogP contribution is -2.13. The Balaban J connectivity index is 2.31. The van der Waals surface area contributed by atoms with Crippen LogP contribution in [0.2, 0.25) is 0 Å². The molecule has 0 saturated heterocycles. The van der Waals surface area contributed by atoms with Gasteiger partial charge in [0.25, 0.3) is 0 Å². The van der Waals surface area contributed by atoms with Gasteiger partial charge in [0.05, 0.1) is 0 Å². The predicted octanol–water partition coefficient (Wildman–Crippen LogP) is 3.55. The van der Waals surface area contributed by atoms with Crippen molar-refractivity contribution in [2.75, 3.05) is 7.05 Å². The molecular formula is C13H16BrN3O. The number of aryl methyl sites for hydroxylation is 1. The zero-order valence-corrected chi connectivity index (χ0v) is 12.2. The summed E-state index contributed by atoms with van der Waals surface area (Å²) in [7, 11) is 1.92. The first-order valence-corrected chi connectivity index (χ1v) is 6.56. The van der Waals surface area contributed by atoms with Crippen molar-refractivity contribution in [3.8, 4) is 11.6 Å². The molecule has 18 heavy (non-hydrogen) atoms. The summed E-state index contributed by atoms with van der Waals surface area (Å²) in [6.45, 7) is 4.03. The first-order chi connectivity index (χ1) is 8.60. The van der Waals surface area contributed by atoms with E-state index in [1.54, 1.807) is 0 Å². The summed E-state index contributed by atoms with van der Waals surface area (Å²) in [5.74, 6) is 1.39. The van der Waals surface area contributed by atoms with Crippen LogP contribution in [-0.2, 0) is 0 Å². The second-order valence-corrected chi connectivity index (χ2v) is 5.10. The second-order valence-electron chi connectivity index (χ2n) is 4.18. The topological polar surface area (TPSA) is 49.9 Å². The fourth-order valence-corrected chi connectivity index (χ4v) is 2.04. The van der Waals surface area contributed by atoms with E-state index >= 15 is 0 Å². The predicted molar refractivity (Wildman–Crippen MR) is 75.0 cm³/mol. The van der Waals surface area contributed by atoms with E-state index in [4.69, 9.17) is 4.74 Å². The summed E-state index contributed by atoms with van der Waals surface area (Å²) >= 11 is 3.48. The van der Waals surface area contributed by atoms with Crippen LogP contribution in [0.25, 0.3) is 0 Å². The minimum Gasteiger partial charge on any atom is -0.437 e. The summed E-state index contributed by atoms with van der Waals surface area (Å²) in [6, 6.07) is 8.03. The van der Waals surface area contributed by atoms with E-state index in [9.17, 15) is 0 Å². The Bertz CT molecular complexity index is 539. The van der Waals surface area contributed by atoms with Gasteiger partial charge >= 0.3 is 0 Å². The Kier molecular flexibility index (Phi) is 4.04. The molecule has 4 nitrogen and oxygen atoms in total. The molecule has 0 aliphatic rings. The first kappa shape index (κ1) is 13.1. The van der Waals surface area contributed by atoms with Crippen LogP contribution in [0, 0.1) is 6.92 Å². The number of benzene rings is 1. The zero-order valence-electron chi connectivity index (χ0n) is 10.6. The Hall–Kier alpha value is -1.33. The number of halogens is 1. The lowest BCUT2D eigenvalue weighted by molar-refractivity contribution is 0.447. The molecule has 1 atom stereocenters. The van der Waals surface area contributed by atoms with Crippen molar-refractivity contribution in [2.24, 2.45) is 0 Å². The van der Waals surface area contributed by atoms with E-state index in [0.717, 1.165) is 21.5 Å². The largest absolute Gasteiger partial charge is 0.437 e. The van der Waals surface area contributed by atoms with Crippen LogP contribution >= 0.6 is 15.9 Å². The highest BCUT2D eigenvalue weighted by Crippen LogP contribution is 2.31. The third kappa shape index (κ3) is 2.91. The van der Waals surface area contributed by atoms with E-state index in [1.807, 2.05) is 32.2 Å². The van der Waals surface area contributed by atoms with Crippen LogP contribution in [0.5, 0.6) is 11.6 Å². The van der Waals surface area contributed by atoms with Gasteiger partial charge in [-0.25, -0.2) is 0 Å². The van der Waals surface area contributed by atoms with Gasteiger partial charge in [-0.3, -0.25) is 5.10 Å². The third-order valence-electron chi connectivity index (χ3n) is 2.77. The number of aromatic amines is 1. The van der Waals surface area contributed by atoms with Gasteiger partial charge in [-0.15, -0.1) is 5.10 Å². The fourth-order valence-electron chi connectivity index (χ4n) is 1.66. The van der Waals surface area contributed by atoms with Gasteiger partial charge in [-0.05, 0) is 39.1 Å². The molecule has 0 bridgehead atoms. The molecule has 0 saturated carbocycles. The maximum atomic E-state index is 5.81. The highest BCUT2D eigenvalue weighted by molar-refractivity contribution is 9.10. The van der Waals surface area contributed by atoms with Gasteiger partial charge in [0.1, 0.15) is 5.75 Å². The molecule has 5 heteroatoms. The van der Waals surface area contributed by atoms with Crippen molar-refractivity contribution in [1.29, 1.82) is 0 Å². The molecule has 0 fully saturated rings. The number of nitrogens with one attached hydrogen (secondary N) is 2. The molecule has 96 valence electrons. The Morgan fingerprint density at radius 1 is 1.39 bits per heavy atom. The molecule has 1 aromatic heterocycles. The molecule has 1 aromatic carbocycles. The van der Waals surface area contributed by atoms with Gasteiger partial charge in [0, 0.05) is 27.8 Å². The van der Waals surface area contributed by atoms with Crippen molar-refractivity contribution in [1.82, 2.24) is 15.5 Å². The molecule has 1 heterocycles. The summed E-state index contributed by atoms with van der Waals surface area (Å²) in [5.41, 5.74) is 2.07. The van der Waals surface area contributed by atoms with Crippen LogP contribution in [-0.4, -0.2) is 17.2 Å². The Morgan fingerprint density at radius 3 is 2.78 bits per heavy atom. The van der Waals surface area contributed by atoms with Crippen molar-refractivity contribution in [3.05, 3.63) is 40.0 Å². The van der Waals surface area contributed by atoms with E-state index < -0.39 is 0 Å². The highest BCUT2D eigenvalue weighted by atomic mass is 79.9. The van der Waals surface area contributed by atoms with Gasteiger partial charge in [0.2, 0.25) is 5.88 Å². The van der Waals surface area contributed by atoms with E-state index in [1.165, 1.54) is 0 Å². The molecule has 0 amide bonds. The maximum absolute atomic E-state index is 5.81. The van der Waals surface area contributed by atoms with Crippen LogP contribution in [0.4, 0.5) is 0 Å². The quantitative estimate of drug-likeness (QED) is 0.908. The van der Waals surface area contributed by atoms with Crippen LogP contribution in [0.1, 0.15) is 24.2 Å². The summed E-state index contributed by atoms with van der Waals surface area (Å²) in [5, 5.41) is 10.2. The number of hydrogen-bond donors (Lipinski definition) is 2. The minimum absolute atomic E-state index is 0.206. The number of hydrogen-bond acceptors (Lipinski definition) is 3. The molecule has 0 spiro atoms. The number of aromatic nitrogens is 2. The third-order valence-corrected chi connectivity index (χ3v) is 3.26. The average Bonchev–Trinajstić information content (AvgIpc) is 2.76.